The molecule has 0 fully saturated rings. The zero-order valence-electron chi connectivity index (χ0n) is 16.7. The van der Waals surface area contributed by atoms with Crippen molar-refractivity contribution in [1.29, 1.82) is 0 Å². The molecule has 0 bridgehead atoms. The lowest BCUT2D eigenvalue weighted by molar-refractivity contribution is -0.118. The van der Waals surface area contributed by atoms with E-state index in [1.54, 1.807) is 30.6 Å². The molecule has 31 heavy (non-hydrogen) atoms. The molecule has 2 aromatic carbocycles. The molecule has 7 nitrogen and oxygen atoms in total. The van der Waals surface area contributed by atoms with Crippen LogP contribution in [0.25, 0.3) is 10.8 Å². The van der Waals surface area contributed by atoms with Gasteiger partial charge in [-0.2, -0.15) is 0 Å². The smallest absolute Gasteiger partial charge is 0.254 e. The summed E-state index contributed by atoms with van der Waals surface area (Å²) in [6.07, 6.45) is 4.41. The number of hydrogen-bond donors (Lipinski definition) is 1. The largest absolute Gasteiger partial charge is 0.336 e. The average Bonchev–Trinajstić information content (AvgIpc) is 2.72. The first-order valence-electron chi connectivity index (χ1n) is 9.63. The molecule has 2 heterocycles. The third-order valence-corrected chi connectivity index (χ3v) is 6.44. The normalized spacial score (nSPS) is 16.3. The van der Waals surface area contributed by atoms with Gasteiger partial charge in [0, 0.05) is 46.9 Å². The highest BCUT2D eigenvalue weighted by Crippen LogP contribution is 2.32. The Kier molecular flexibility index (Phi) is 5.68. The Labute approximate surface area is 184 Å². The number of nitrogens with one attached hydrogen (secondary N) is 1. The minimum absolute atomic E-state index is 0.0132. The van der Waals surface area contributed by atoms with E-state index >= 15 is 0 Å². The van der Waals surface area contributed by atoms with Crippen molar-refractivity contribution in [3.63, 3.8) is 0 Å². The third-order valence-electron chi connectivity index (χ3n) is 5.28. The van der Waals surface area contributed by atoms with Gasteiger partial charge in [-0.25, -0.2) is 8.42 Å². The van der Waals surface area contributed by atoms with Gasteiger partial charge in [0.2, 0.25) is 5.91 Å². The summed E-state index contributed by atoms with van der Waals surface area (Å²) in [7, 11) is -3.27. The second-order valence-electron chi connectivity index (χ2n) is 7.56. The van der Waals surface area contributed by atoms with Gasteiger partial charge in [-0.15, -0.1) is 0 Å². The fourth-order valence-electron chi connectivity index (χ4n) is 3.72. The number of sulfone groups is 1. The fourth-order valence-corrected chi connectivity index (χ4v) is 4.45. The van der Waals surface area contributed by atoms with Crippen LogP contribution in [0, 0.1) is 0 Å². The molecule has 160 valence electrons. The summed E-state index contributed by atoms with van der Waals surface area (Å²) in [6.45, 7) is 0.0745. The molecule has 1 N–H and O–H groups in total. The van der Waals surface area contributed by atoms with Crippen molar-refractivity contribution in [2.75, 3.05) is 30.4 Å². The van der Waals surface area contributed by atoms with Crippen LogP contribution in [0.2, 0.25) is 5.02 Å². The summed E-state index contributed by atoms with van der Waals surface area (Å²) in [4.78, 5) is 31.8. The Morgan fingerprint density at radius 2 is 2.00 bits per heavy atom. The predicted molar refractivity (Wildman–Crippen MR) is 120 cm³/mol. The maximum atomic E-state index is 13.3. The van der Waals surface area contributed by atoms with Crippen LogP contribution in [0.3, 0.4) is 0 Å². The van der Waals surface area contributed by atoms with Crippen molar-refractivity contribution in [3.8, 4) is 0 Å². The van der Waals surface area contributed by atoms with Gasteiger partial charge < -0.3 is 10.2 Å². The van der Waals surface area contributed by atoms with Crippen molar-refractivity contribution in [2.45, 2.75) is 5.92 Å². The molecule has 0 saturated carbocycles. The second-order valence-corrected chi connectivity index (χ2v) is 10.3. The van der Waals surface area contributed by atoms with E-state index in [-0.39, 0.29) is 30.7 Å². The number of carbonyl (C=O) groups is 2. The molecule has 4 rings (SSSR count). The van der Waals surface area contributed by atoms with Crippen LogP contribution in [-0.2, 0) is 14.6 Å². The number of carbonyl (C=O) groups excluding carboxylic acids is 2. The van der Waals surface area contributed by atoms with Crippen molar-refractivity contribution < 1.29 is 18.0 Å². The topological polar surface area (TPSA) is 96.4 Å². The lowest BCUT2D eigenvalue weighted by atomic mass is 9.88. The van der Waals surface area contributed by atoms with Crippen LogP contribution in [0.1, 0.15) is 21.8 Å². The molecule has 1 atom stereocenters. The van der Waals surface area contributed by atoms with Crippen LogP contribution < -0.4 is 5.32 Å². The molecule has 2 amide bonds. The van der Waals surface area contributed by atoms with Crippen molar-refractivity contribution in [3.05, 3.63) is 71.0 Å². The van der Waals surface area contributed by atoms with Crippen molar-refractivity contribution >= 4 is 49.7 Å². The molecule has 9 heteroatoms. The number of benzene rings is 2. The summed E-state index contributed by atoms with van der Waals surface area (Å²) in [5.74, 6) is -1.52. The molecule has 1 aromatic heterocycles. The minimum atomic E-state index is -3.27. The summed E-state index contributed by atoms with van der Waals surface area (Å²) < 4.78 is 23.2. The van der Waals surface area contributed by atoms with Gasteiger partial charge in [0.1, 0.15) is 9.84 Å². The maximum Gasteiger partial charge on any atom is 0.254 e. The number of halogens is 1. The number of pyridine rings is 1. The predicted octanol–water partition coefficient (Wildman–Crippen LogP) is 3.11. The van der Waals surface area contributed by atoms with E-state index in [4.69, 9.17) is 11.6 Å². The second kappa shape index (κ2) is 8.28. The number of nitrogens with zero attached hydrogens (tertiary/aromatic N) is 2. The molecule has 1 aliphatic rings. The standard InChI is InChI=1S/C22H20ClN3O4S/c1-31(29,30)9-8-26-13-19(18-10-15(23)6-7-17(18)22(26)28)21(27)25-20-12-24-11-14-4-2-3-5-16(14)20/h2-7,10-12,19H,8-9,13H2,1H3,(H,25,27). The quantitative estimate of drug-likeness (QED) is 0.635. The monoisotopic (exact) mass is 457 g/mol. The number of aromatic nitrogens is 1. The first-order chi connectivity index (χ1) is 14.7. The highest BCUT2D eigenvalue weighted by atomic mass is 35.5. The molecule has 0 spiro atoms. The van der Waals surface area contributed by atoms with E-state index < -0.39 is 15.8 Å². The molecule has 0 aliphatic carbocycles. The third kappa shape index (κ3) is 4.55. The van der Waals surface area contributed by atoms with Gasteiger partial charge in [-0.3, -0.25) is 14.6 Å². The zero-order chi connectivity index (χ0) is 22.2. The van der Waals surface area contributed by atoms with Gasteiger partial charge in [0.05, 0.1) is 23.6 Å². The van der Waals surface area contributed by atoms with Gasteiger partial charge in [-0.05, 0) is 23.8 Å². The maximum absolute atomic E-state index is 13.3. The van der Waals surface area contributed by atoms with Gasteiger partial charge in [0.25, 0.3) is 5.91 Å². The van der Waals surface area contributed by atoms with E-state index in [9.17, 15) is 18.0 Å². The van der Waals surface area contributed by atoms with Crippen molar-refractivity contribution in [1.82, 2.24) is 9.88 Å². The Balaban J connectivity index is 1.68. The van der Waals surface area contributed by atoms with Gasteiger partial charge >= 0.3 is 0 Å². The Morgan fingerprint density at radius 1 is 1.23 bits per heavy atom. The minimum Gasteiger partial charge on any atom is -0.336 e. The molecular formula is C22H20ClN3O4S. The average molecular weight is 458 g/mol. The van der Waals surface area contributed by atoms with Crippen LogP contribution in [-0.4, -0.2) is 55.2 Å². The lowest BCUT2D eigenvalue weighted by Crippen LogP contribution is -2.45. The van der Waals surface area contributed by atoms with E-state index in [0.717, 1.165) is 17.0 Å². The van der Waals surface area contributed by atoms with Gasteiger partial charge in [0.15, 0.2) is 0 Å². The molecule has 1 aliphatic heterocycles. The molecule has 0 saturated heterocycles. The number of fused-ring (bicyclic) bond motifs is 2. The van der Waals surface area contributed by atoms with Crippen LogP contribution in [0.15, 0.2) is 54.9 Å². The van der Waals surface area contributed by atoms with Crippen LogP contribution in [0.4, 0.5) is 5.69 Å². The zero-order valence-corrected chi connectivity index (χ0v) is 18.3. The first-order valence-corrected chi connectivity index (χ1v) is 12.1. The van der Waals surface area contributed by atoms with Crippen LogP contribution in [0.5, 0.6) is 0 Å². The Morgan fingerprint density at radius 3 is 2.77 bits per heavy atom. The Bertz CT molecular complexity index is 1290. The molecule has 3 aromatic rings. The van der Waals surface area contributed by atoms with E-state index in [1.165, 1.54) is 4.90 Å². The molecule has 0 radical (unpaired) electrons. The molecular weight excluding hydrogens is 438 g/mol. The fraction of sp³-hybridized carbons (Fsp3) is 0.227. The highest BCUT2D eigenvalue weighted by molar-refractivity contribution is 7.90. The summed E-state index contributed by atoms with van der Waals surface area (Å²) in [5, 5.41) is 5.07. The SMILES string of the molecule is CS(=O)(=O)CCN1CC(C(=O)Nc2cncc3ccccc23)c2cc(Cl)ccc2C1=O. The summed E-state index contributed by atoms with van der Waals surface area (Å²) >= 11 is 6.14. The van der Waals surface area contributed by atoms with E-state index in [2.05, 4.69) is 10.3 Å². The summed E-state index contributed by atoms with van der Waals surface area (Å²) in [6, 6.07) is 12.3. The van der Waals surface area contributed by atoms with Crippen LogP contribution >= 0.6 is 11.6 Å². The first kappa shape index (κ1) is 21.3. The van der Waals surface area contributed by atoms with E-state index in [0.29, 0.717) is 21.8 Å². The molecule has 1 unspecified atom stereocenters. The summed E-state index contributed by atoms with van der Waals surface area (Å²) in [5.41, 5.74) is 1.44. The van der Waals surface area contributed by atoms with E-state index in [1.807, 2.05) is 24.3 Å². The lowest BCUT2D eigenvalue weighted by Gasteiger charge is -2.33. The number of anilines is 1. The highest BCUT2D eigenvalue weighted by Gasteiger charge is 2.35. The number of hydrogen-bond acceptors (Lipinski definition) is 5. The van der Waals surface area contributed by atoms with Crippen molar-refractivity contribution in [2.24, 2.45) is 0 Å². The number of rotatable bonds is 5. The van der Waals surface area contributed by atoms with Gasteiger partial charge in [-0.1, -0.05) is 35.9 Å². The number of amides is 2. The Hall–Kier alpha value is -2.97.